The third kappa shape index (κ3) is 2.14. The van der Waals surface area contributed by atoms with Crippen LogP contribution in [0, 0.1) is 18.3 Å². The molecular formula is C13H13N5O2. The molecule has 5 N–H and O–H groups in total. The Morgan fingerprint density at radius 3 is 2.60 bits per heavy atom. The second-order valence-corrected chi connectivity index (χ2v) is 4.14. The molecule has 1 aromatic carbocycles. The van der Waals surface area contributed by atoms with Crippen LogP contribution in [0.5, 0.6) is 11.5 Å². The summed E-state index contributed by atoms with van der Waals surface area (Å²) in [4.78, 5) is 7.74. The van der Waals surface area contributed by atoms with Crippen molar-refractivity contribution in [3.8, 4) is 28.8 Å². The first-order chi connectivity index (χ1) is 9.47. The highest BCUT2D eigenvalue weighted by molar-refractivity contribution is 5.78. The maximum atomic E-state index is 10.2. The van der Waals surface area contributed by atoms with Gasteiger partial charge in [-0.1, -0.05) is 0 Å². The molecule has 0 atom stereocenters. The molecule has 20 heavy (non-hydrogen) atoms. The number of phenols is 1. The van der Waals surface area contributed by atoms with Gasteiger partial charge >= 0.3 is 0 Å². The number of nitriles is 1. The average Bonchev–Trinajstić information content (AvgIpc) is 2.41. The third-order valence-corrected chi connectivity index (χ3v) is 2.83. The van der Waals surface area contributed by atoms with Crippen molar-refractivity contribution < 1.29 is 9.84 Å². The van der Waals surface area contributed by atoms with Gasteiger partial charge in [0.2, 0.25) is 5.95 Å². The summed E-state index contributed by atoms with van der Waals surface area (Å²) < 4.78 is 5.15. The zero-order valence-electron chi connectivity index (χ0n) is 11.0. The average molecular weight is 271 g/mol. The van der Waals surface area contributed by atoms with E-state index in [1.807, 2.05) is 6.07 Å². The van der Waals surface area contributed by atoms with Crippen molar-refractivity contribution in [2.75, 3.05) is 18.6 Å². The molecule has 0 aliphatic heterocycles. The molecule has 2 rings (SSSR count). The Balaban J connectivity index is 2.81. The Morgan fingerprint density at radius 2 is 2.00 bits per heavy atom. The number of methoxy groups -OCH3 is 1. The van der Waals surface area contributed by atoms with Gasteiger partial charge in [-0.05, 0) is 24.6 Å². The van der Waals surface area contributed by atoms with Crippen molar-refractivity contribution in [3.05, 3.63) is 23.3 Å². The Hall–Kier alpha value is -3.01. The minimum atomic E-state index is -0.0728. The summed E-state index contributed by atoms with van der Waals surface area (Å²) >= 11 is 0. The largest absolute Gasteiger partial charge is 0.507 e. The Morgan fingerprint density at radius 1 is 1.30 bits per heavy atom. The van der Waals surface area contributed by atoms with E-state index >= 15 is 0 Å². The second-order valence-electron chi connectivity index (χ2n) is 4.14. The number of nitrogens with two attached hydrogens (primary N) is 2. The first-order valence-electron chi connectivity index (χ1n) is 5.69. The lowest BCUT2D eigenvalue weighted by molar-refractivity contribution is 0.412. The SMILES string of the molecule is COc1cc(C)c(O)c(-c2nc(N)nc(N)c2C#N)c1. The number of ether oxygens (including phenoxy) is 1. The number of nitrogens with zero attached hydrogens (tertiary/aromatic N) is 3. The molecule has 0 aliphatic rings. The van der Waals surface area contributed by atoms with Gasteiger partial charge in [-0.3, -0.25) is 0 Å². The molecule has 0 bridgehead atoms. The summed E-state index contributed by atoms with van der Waals surface area (Å²) in [5, 5.41) is 19.3. The smallest absolute Gasteiger partial charge is 0.222 e. The Bertz CT molecular complexity index is 722. The van der Waals surface area contributed by atoms with E-state index in [1.165, 1.54) is 7.11 Å². The molecule has 0 radical (unpaired) electrons. The molecule has 1 heterocycles. The molecule has 0 saturated heterocycles. The van der Waals surface area contributed by atoms with Crippen molar-refractivity contribution in [1.29, 1.82) is 5.26 Å². The van der Waals surface area contributed by atoms with Crippen molar-refractivity contribution >= 4 is 11.8 Å². The standard InChI is InChI=1S/C13H13N5O2/c1-6-3-7(20-2)4-8(11(6)19)10-9(5-14)12(15)18-13(16)17-10/h3-4,19H,1-2H3,(H4,15,16,17,18). The minimum absolute atomic E-state index is 0.0141. The van der Waals surface area contributed by atoms with E-state index < -0.39 is 0 Å². The number of phenolic OH excluding ortho intramolecular Hbond substituents is 1. The molecule has 0 spiro atoms. The van der Waals surface area contributed by atoms with Crippen LogP contribution in [0.4, 0.5) is 11.8 Å². The van der Waals surface area contributed by atoms with E-state index in [0.29, 0.717) is 16.9 Å². The summed E-state index contributed by atoms with van der Waals surface area (Å²) in [5.41, 5.74) is 12.4. The normalized spacial score (nSPS) is 10.1. The van der Waals surface area contributed by atoms with Crippen LogP contribution in [0.25, 0.3) is 11.3 Å². The fourth-order valence-electron chi connectivity index (χ4n) is 1.85. The topological polar surface area (TPSA) is 131 Å². The van der Waals surface area contributed by atoms with Crippen LogP contribution in [0.1, 0.15) is 11.1 Å². The van der Waals surface area contributed by atoms with Gasteiger partial charge in [0.15, 0.2) is 0 Å². The molecule has 7 heteroatoms. The molecule has 0 amide bonds. The number of benzene rings is 1. The molecule has 0 unspecified atom stereocenters. The van der Waals surface area contributed by atoms with Gasteiger partial charge in [-0.15, -0.1) is 0 Å². The highest BCUT2D eigenvalue weighted by Crippen LogP contribution is 2.37. The molecule has 102 valence electrons. The van der Waals surface area contributed by atoms with E-state index in [4.69, 9.17) is 16.2 Å². The zero-order chi connectivity index (χ0) is 14.9. The number of anilines is 2. The van der Waals surface area contributed by atoms with E-state index in [2.05, 4.69) is 9.97 Å². The number of rotatable bonds is 2. The lowest BCUT2D eigenvalue weighted by Gasteiger charge is -2.12. The summed E-state index contributed by atoms with van der Waals surface area (Å²) in [6, 6.07) is 5.14. The fourth-order valence-corrected chi connectivity index (χ4v) is 1.85. The number of hydrogen-bond acceptors (Lipinski definition) is 7. The Labute approximate surface area is 115 Å². The predicted octanol–water partition coefficient (Wildman–Crippen LogP) is 1.20. The highest BCUT2D eigenvalue weighted by Gasteiger charge is 2.18. The van der Waals surface area contributed by atoms with Crippen molar-refractivity contribution in [2.24, 2.45) is 0 Å². The van der Waals surface area contributed by atoms with Gasteiger partial charge in [-0.2, -0.15) is 10.2 Å². The summed E-state index contributed by atoms with van der Waals surface area (Å²) in [7, 11) is 1.50. The number of hydrogen-bond donors (Lipinski definition) is 3. The summed E-state index contributed by atoms with van der Waals surface area (Å²) in [5.74, 6) is 0.404. The van der Waals surface area contributed by atoms with Crippen LogP contribution in [-0.2, 0) is 0 Å². The summed E-state index contributed by atoms with van der Waals surface area (Å²) in [6.07, 6.45) is 0. The molecule has 1 aromatic heterocycles. The van der Waals surface area contributed by atoms with E-state index in [9.17, 15) is 10.4 Å². The van der Waals surface area contributed by atoms with E-state index in [-0.39, 0.29) is 28.8 Å². The molecule has 0 aliphatic carbocycles. The van der Waals surface area contributed by atoms with E-state index in [0.717, 1.165) is 0 Å². The van der Waals surface area contributed by atoms with Gasteiger partial charge in [0.1, 0.15) is 28.9 Å². The van der Waals surface area contributed by atoms with E-state index in [1.54, 1.807) is 19.1 Å². The lowest BCUT2D eigenvalue weighted by Crippen LogP contribution is -2.05. The first-order valence-corrected chi connectivity index (χ1v) is 5.69. The second kappa shape index (κ2) is 4.93. The van der Waals surface area contributed by atoms with Gasteiger partial charge in [0.25, 0.3) is 0 Å². The van der Waals surface area contributed by atoms with Crippen molar-refractivity contribution in [3.63, 3.8) is 0 Å². The van der Waals surface area contributed by atoms with Crippen molar-refractivity contribution in [2.45, 2.75) is 6.92 Å². The molecule has 0 saturated carbocycles. The third-order valence-electron chi connectivity index (χ3n) is 2.83. The monoisotopic (exact) mass is 271 g/mol. The molecule has 2 aromatic rings. The quantitative estimate of drug-likeness (QED) is 0.747. The molecular weight excluding hydrogens is 258 g/mol. The Kier molecular flexibility index (Phi) is 3.31. The number of aryl methyl sites for hydroxylation is 1. The van der Waals surface area contributed by atoms with Gasteiger partial charge in [0.05, 0.1) is 12.8 Å². The van der Waals surface area contributed by atoms with Gasteiger partial charge in [-0.25, -0.2) is 4.98 Å². The van der Waals surface area contributed by atoms with Crippen LogP contribution >= 0.6 is 0 Å². The van der Waals surface area contributed by atoms with Crippen LogP contribution in [0.2, 0.25) is 0 Å². The molecule has 7 nitrogen and oxygen atoms in total. The lowest BCUT2D eigenvalue weighted by atomic mass is 10.0. The summed E-state index contributed by atoms with van der Waals surface area (Å²) in [6.45, 7) is 1.71. The van der Waals surface area contributed by atoms with Crippen LogP contribution in [0.3, 0.4) is 0 Å². The predicted molar refractivity (Wildman–Crippen MR) is 74.0 cm³/mol. The maximum absolute atomic E-state index is 10.2. The van der Waals surface area contributed by atoms with Crippen LogP contribution < -0.4 is 16.2 Å². The fraction of sp³-hybridized carbons (Fsp3) is 0.154. The first kappa shape index (κ1) is 13.4. The van der Waals surface area contributed by atoms with Crippen LogP contribution in [0.15, 0.2) is 12.1 Å². The maximum Gasteiger partial charge on any atom is 0.222 e. The van der Waals surface area contributed by atoms with Gasteiger partial charge < -0.3 is 21.3 Å². The minimum Gasteiger partial charge on any atom is -0.507 e. The number of aromatic hydroxyl groups is 1. The number of aromatic nitrogens is 2. The highest BCUT2D eigenvalue weighted by atomic mass is 16.5. The van der Waals surface area contributed by atoms with Crippen molar-refractivity contribution in [1.82, 2.24) is 9.97 Å². The van der Waals surface area contributed by atoms with Gasteiger partial charge in [0, 0.05) is 5.56 Å². The van der Waals surface area contributed by atoms with Crippen LogP contribution in [-0.4, -0.2) is 22.2 Å². The molecule has 0 fully saturated rings. The number of nitrogen functional groups attached to an aromatic ring is 2. The zero-order valence-corrected chi connectivity index (χ0v) is 11.0.